The molecule has 0 saturated carbocycles. The zero-order valence-electron chi connectivity index (χ0n) is 10.7. The summed E-state index contributed by atoms with van der Waals surface area (Å²) in [6, 6.07) is 6.81. The van der Waals surface area contributed by atoms with Crippen molar-refractivity contribution in [3.05, 3.63) is 29.8 Å². The van der Waals surface area contributed by atoms with Gasteiger partial charge in [-0.1, -0.05) is 12.1 Å². The Balaban J connectivity index is 2.33. The minimum atomic E-state index is -1.39. The smallest absolute Gasteiger partial charge is 0.332 e. The van der Waals surface area contributed by atoms with E-state index in [0.29, 0.717) is 19.0 Å². The van der Waals surface area contributed by atoms with Gasteiger partial charge in [0.15, 0.2) is 12.9 Å². The lowest BCUT2D eigenvalue weighted by atomic mass is 10.1. The number of hydrogen-bond donors (Lipinski definition) is 2. The van der Waals surface area contributed by atoms with E-state index in [4.69, 9.17) is 19.3 Å². The van der Waals surface area contributed by atoms with Crippen LogP contribution >= 0.6 is 0 Å². The number of carbonyl (C=O) groups is 1. The summed E-state index contributed by atoms with van der Waals surface area (Å²) < 4.78 is 15.3. The number of carboxylic acid groups (broad SMARTS) is 1. The fraction of sp³-hybridized carbons (Fsp3) is 0.462. The monoisotopic (exact) mass is 270 g/mol. The molecule has 19 heavy (non-hydrogen) atoms. The van der Waals surface area contributed by atoms with Crippen LogP contribution in [0.3, 0.4) is 0 Å². The average molecular weight is 270 g/mol. The molecule has 0 spiro atoms. The first-order chi connectivity index (χ1) is 9.13. The van der Waals surface area contributed by atoms with Gasteiger partial charge in [-0.15, -0.1) is 0 Å². The topological polar surface area (TPSA) is 85.2 Å². The summed E-state index contributed by atoms with van der Waals surface area (Å²) >= 11 is 0. The normalized spacial score (nSPS) is 12.1. The van der Waals surface area contributed by atoms with E-state index in [2.05, 4.69) is 0 Å². The molecule has 1 rings (SSSR count). The van der Waals surface area contributed by atoms with E-state index in [9.17, 15) is 9.90 Å². The molecule has 6 nitrogen and oxygen atoms in total. The highest BCUT2D eigenvalue weighted by Crippen LogP contribution is 2.13. The third-order valence-corrected chi connectivity index (χ3v) is 2.38. The highest BCUT2D eigenvalue weighted by molar-refractivity contribution is 5.72. The second-order valence-electron chi connectivity index (χ2n) is 3.87. The Morgan fingerprint density at radius 1 is 1.26 bits per heavy atom. The van der Waals surface area contributed by atoms with E-state index in [1.807, 2.05) is 0 Å². The summed E-state index contributed by atoms with van der Waals surface area (Å²) in [4.78, 5) is 10.5. The maximum atomic E-state index is 10.5. The molecule has 0 fully saturated rings. The van der Waals surface area contributed by atoms with Crippen LogP contribution in [0.5, 0.6) is 5.75 Å². The van der Waals surface area contributed by atoms with Gasteiger partial charge in [0.25, 0.3) is 0 Å². The number of benzene rings is 1. The molecule has 0 heterocycles. The fourth-order valence-electron chi connectivity index (χ4n) is 1.34. The average Bonchev–Trinajstić information content (AvgIpc) is 2.40. The van der Waals surface area contributed by atoms with Gasteiger partial charge < -0.3 is 24.4 Å². The van der Waals surface area contributed by atoms with Crippen LogP contribution in [0.25, 0.3) is 0 Å². The molecule has 0 aromatic heterocycles. The van der Waals surface area contributed by atoms with E-state index >= 15 is 0 Å². The summed E-state index contributed by atoms with van der Waals surface area (Å²) in [5, 5.41) is 17.8. The molecule has 0 radical (unpaired) electrons. The Morgan fingerprint density at radius 3 is 2.53 bits per heavy atom. The number of aliphatic hydroxyl groups is 1. The van der Waals surface area contributed by atoms with Gasteiger partial charge in [-0.3, -0.25) is 0 Å². The van der Waals surface area contributed by atoms with Crippen LogP contribution in [0.4, 0.5) is 0 Å². The molecular weight excluding hydrogens is 252 g/mol. The fourth-order valence-corrected chi connectivity index (χ4v) is 1.34. The minimum Gasteiger partial charge on any atom is -0.479 e. The molecule has 0 aliphatic carbocycles. The Labute approximate surface area is 111 Å². The number of carboxylic acids is 1. The number of aliphatic carboxylic acids is 1. The first-order valence-electron chi connectivity index (χ1n) is 5.82. The van der Waals surface area contributed by atoms with Crippen molar-refractivity contribution in [2.45, 2.75) is 12.5 Å². The minimum absolute atomic E-state index is 0.0694. The largest absolute Gasteiger partial charge is 0.479 e. The van der Waals surface area contributed by atoms with Crippen molar-refractivity contribution < 1.29 is 29.2 Å². The molecule has 0 amide bonds. The summed E-state index contributed by atoms with van der Waals surface area (Å²) in [5.41, 5.74) is 0.725. The van der Waals surface area contributed by atoms with Crippen molar-refractivity contribution >= 4 is 5.97 Å². The molecule has 1 atom stereocenters. The van der Waals surface area contributed by atoms with Crippen LogP contribution in [0, 0.1) is 0 Å². The molecule has 0 bridgehead atoms. The number of aliphatic hydroxyl groups excluding tert-OH is 1. The van der Waals surface area contributed by atoms with E-state index in [0.717, 1.165) is 5.56 Å². The maximum absolute atomic E-state index is 10.5. The molecule has 1 aromatic rings. The van der Waals surface area contributed by atoms with Crippen molar-refractivity contribution in [1.29, 1.82) is 0 Å². The molecule has 6 heteroatoms. The molecule has 1 aromatic carbocycles. The van der Waals surface area contributed by atoms with E-state index in [-0.39, 0.29) is 13.2 Å². The Hall–Kier alpha value is -1.63. The quantitative estimate of drug-likeness (QED) is 0.507. The summed E-state index contributed by atoms with van der Waals surface area (Å²) in [6.45, 7) is 1.09. The van der Waals surface area contributed by atoms with E-state index < -0.39 is 12.1 Å². The zero-order valence-corrected chi connectivity index (χ0v) is 10.7. The van der Waals surface area contributed by atoms with Gasteiger partial charge in [0.1, 0.15) is 5.75 Å². The van der Waals surface area contributed by atoms with Crippen LogP contribution in [-0.2, 0) is 20.7 Å². The number of hydrogen-bond acceptors (Lipinski definition) is 5. The number of ether oxygens (including phenoxy) is 3. The lowest BCUT2D eigenvalue weighted by Crippen LogP contribution is -2.21. The standard InChI is InChI=1S/C13H18O6/c1-17-6-7-18-9-19-11-4-2-10(3-5-11)8-12(14)13(15)16/h2-5,12,14H,6-9H2,1H3,(H,15,16)/t12-/m1/s1. The van der Waals surface area contributed by atoms with Crippen LogP contribution in [-0.4, -0.2) is 49.4 Å². The molecule has 106 valence electrons. The lowest BCUT2D eigenvalue weighted by Gasteiger charge is -2.09. The summed E-state index contributed by atoms with van der Waals surface area (Å²) in [5.74, 6) is -0.613. The highest BCUT2D eigenvalue weighted by Gasteiger charge is 2.13. The SMILES string of the molecule is COCCOCOc1ccc(C[C@@H](O)C(=O)O)cc1. The molecule has 0 saturated heterocycles. The van der Waals surface area contributed by atoms with E-state index in [1.165, 1.54) is 0 Å². The number of rotatable bonds is 9. The van der Waals surface area contributed by atoms with Gasteiger partial charge in [0, 0.05) is 13.5 Å². The number of methoxy groups -OCH3 is 1. The van der Waals surface area contributed by atoms with Gasteiger partial charge >= 0.3 is 5.97 Å². The van der Waals surface area contributed by atoms with Gasteiger partial charge in [-0.25, -0.2) is 4.79 Å². The van der Waals surface area contributed by atoms with E-state index in [1.54, 1.807) is 31.4 Å². The van der Waals surface area contributed by atoms with Crippen molar-refractivity contribution in [1.82, 2.24) is 0 Å². The Kier molecular flexibility index (Phi) is 6.88. The molecule has 2 N–H and O–H groups in total. The highest BCUT2D eigenvalue weighted by atomic mass is 16.7. The van der Waals surface area contributed by atoms with Gasteiger partial charge in [-0.2, -0.15) is 0 Å². The molecular formula is C13H18O6. The van der Waals surface area contributed by atoms with Crippen LogP contribution in [0.1, 0.15) is 5.56 Å². The van der Waals surface area contributed by atoms with Gasteiger partial charge in [0.05, 0.1) is 13.2 Å². The Bertz CT molecular complexity index is 375. The first-order valence-corrected chi connectivity index (χ1v) is 5.82. The molecule has 0 aliphatic heterocycles. The maximum Gasteiger partial charge on any atom is 0.332 e. The predicted molar refractivity (Wildman–Crippen MR) is 67.1 cm³/mol. The van der Waals surface area contributed by atoms with Crippen LogP contribution in [0.15, 0.2) is 24.3 Å². The Morgan fingerprint density at radius 2 is 1.95 bits per heavy atom. The van der Waals surface area contributed by atoms with Crippen molar-refractivity contribution in [2.75, 3.05) is 27.1 Å². The third kappa shape index (κ3) is 6.19. The third-order valence-electron chi connectivity index (χ3n) is 2.38. The van der Waals surface area contributed by atoms with Gasteiger partial charge in [0.2, 0.25) is 0 Å². The summed E-state index contributed by atoms with van der Waals surface area (Å²) in [7, 11) is 1.59. The van der Waals surface area contributed by atoms with Crippen molar-refractivity contribution in [3.63, 3.8) is 0 Å². The zero-order chi connectivity index (χ0) is 14.1. The second-order valence-corrected chi connectivity index (χ2v) is 3.87. The summed E-state index contributed by atoms with van der Waals surface area (Å²) in [6.07, 6.45) is -1.32. The van der Waals surface area contributed by atoms with Crippen LogP contribution in [0.2, 0.25) is 0 Å². The molecule has 0 unspecified atom stereocenters. The lowest BCUT2D eigenvalue weighted by molar-refractivity contribution is -0.146. The van der Waals surface area contributed by atoms with Gasteiger partial charge in [-0.05, 0) is 17.7 Å². The second kappa shape index (κ2) is 8.47. The molecule has 0 aliphatic rings. The predicted octanol–water partition coefficient (Wildman–Crippen LogP) is 0.674. The van der Waals surface area contributed by atoms with Crippen LogP contribution < -0.4 is 4.74 Å². The van der Waals surface area contributed by atoms with Crippen molar-refractivity contribution in [3.8, 4) is 5.75 Å². The first kappa shape index (κ1) is 15.4. The van der Waals surface area contributed by atoms with Crippen molar-refractivity contribution in [2.24, 2.45) is 0 Å².